The number of rotatable bonds is 1. The van der Waals surface area contributed by atoms with E-state index in [1.807, 2.05) is 54.6 Å². The van der Waals surface area contributed by atoms with E-state index in [-0.39, 0.29) is 5.56 Å². The van der Waals surface area contributed by atoms with Crippen molar-refractivity contribution in [1.82, 2.24) is 4.57 Å². The molecule has 2 nitrogen and oxygen atoms in total. The van der Waals surface area contributed by atoms with Crippen molar-refractivity contribution in [1.29, 1.82) is 0 Å². The zero-order chi connectivity index (χ0) is 13.4. The van der Waals surface area contributed by atoms with Gasteiger partial charge >= 0.3 is 0 Å². The predicted octanol–water partition coefficient (Wildman–Crippen LogP) is 3.86. The summed E-state index contributed by atoms with van der Waals surface area (Å²) in [6.45, 7) is 0. The molecule has 0 fully saturated rings. The van der Waals surface area contributed by atoms with Crippen molar-refractivity contribution in [2.75, 3.05) is 0 Å². The maximum Gasteiger partial charge on any atom is 0.260 e. The number of aromatic nitrogens is 1. The summed E-state index contributed by atoms with van der Waals surface area (Å²) in [5.41, 5.74) is 2.18. The van der Waals surface area contributed by atoms with Crippen LogP contribution in [-0.4, -0.2) is 4.57 Å². The minimum absolute atomic E-state index is 0.0742. The average Bonchev–Trinajstić information content (AvgIpc) is 2.46. The topological polar surface area (TPSA) is 22.0 Å². The fraction of sp³-hybridized carbons (Fsp3) is 0.0625. The largest absolute Gasteiger partial charge is 0.311 e. The van der Waals surface area contributed by atoms with Gasteiger partial charge in [0.15, 0.2) is 0 Å². The maximum absolute atomic E-state index is 12.5. The van der Waals surface area contributed by atoms with E-state index < -0.39 is 0 Å². The lowest BCUT2D eigenvalue weighted by Gasteiger charge is -2.11. The number of pyridine rings is 1. The van der Waals surface area contributed by atoms with Gasteiger partial charge in [-0.15, -0.1) is 0 Å². The quantitative estimate of drug-likeness (QED) is 0.657. The fourth-order valence-corrected chi connectivity index (χ4v) is 2.66. The maximum atomic E-state index is 12.5. The number of para-hydroxylation sites is 1. The monoisotopic (exact) mass is 269 g/mol. The zero-order valence-electron chi connectivity index (χ0n) is 10.4. The minimum atomic E-state index is -0.0742. The predicted molar refractivity (Wildman–Crippen MR) is 79.6 cm³/mol. The fourth-order valence-electron chi connectivity index (χ4n) is 2.31. The summed E-state index contributed by atoms with van der Waals surface area (Å²) in [6.07, 6.45) is 0. The number of hydrogen-bond acceptors (Lipinski definition) is 1. The van der Waals surface area contributed by atoms with Crippen LogP contribution < -0.4 is 5.56 Å². The molecule has 0 N–H and O–H groups in total. The van der Waals surface area contributed by atoms with Gasteiger partial charge in [0.25, 0.3) is 5.56 Å². The first kappa shape index (κ1) is 12.0. The van der Waals surface area contributed by atoms with Crippen LogP contribution >= 0.6 is 11.6 Å². The van der Waals surface area contributed by atoms with Crippen molar-refractivity contribution < 1.29 is 0 Å². The number of hydrogen-bond donors (Lipinski definition) is 0. The molecule has 94 valence electrons. The second kappa shape index (κ2) is 4.56. The molecule has 0 unspecified atom stereocenters. The molecule has 1 aromatic heterocycles. The summed E-state index contributed by atoms with van der Waals surface area (Å²) in [5, 5.41) is 1.41. The van der Waals surface area contributed by atoms with Crippen LogP contribution in [0.15, 0.2) is 59.4 Å². The van der Waals surface area contributed by atoms with Gasteiger partial charge in [-0.25, -0.2) is 0 Å². The average molecular weight is 270 g/mol. The van der Waals surface area contributed by atoms with Gasteiger partial charge in [-0.05, 0) is 11.6 Å². The summed E-state index contributed by atoms with van der Waals surface area (Å²) in [5.74, 6) is 0. The van der Waals surface area contributed by atoms with Gasteiger partial charge in [-0.1, -0.05) is 60.1 Å². The first-order chi connectivity index (χ1) is 9.20. The third kappa shape index (κ3) is 1.85. The highest BCUT2D eigenvalue weighted by atomic mass is 35.5. The summed E-state index contributed by atoms with van der Waals surface area (Å²) in [6, 6.07) is 17.2. The van der Waals surface area contributed by atoms with Crippen molar-refractivity contribution in [2.45, 2.75) is 0 Å². The third-order valence-corrected chi connectivity index (χ3v) is 3.69. The number of aryl methyl sites for hydroxylation is 1. The van der Waals surface area contributed by atoms with Crippen molar-refractivity contribution in [3.05, 3.63) is 70.0 Å². The van der Waals surface area contributed by atoms with Crippen LogP contribution in [0.25, 0.3) is 22.0 Å². The molecule has 2 aromatic carbocycles. The van der Waals surface area contributed by atoms with E-state index >= 15 is 0 Å². The first-order valence-electron chi connectivity index (χ1n) is 6.03. The van der Waals surface area contributed by atoms with Gasteiger partial charge in [-0.2, -0.15) is 0 Å². The van der Waals surface area contributed by atoms with Gasteiger partial charge in [0.05, 0.1) is 16.1 Å². The molecule has 3 aromatic rings. The molecule has 3 heteroatoms. The van der Waals surface area contributed by atoms with Crippen molar-refractivity contribution >= 4 is 22.5 Å². The lowest BCUT2D eigenvalue weighted by atomic mass is 10.0. The Labute approximate surface area is 115 Å². The molecule has 0 atom stereocenters. The summed E-state index contributed by atoms with van der Waals surface area (Å²) in [7, 11) is 1.77. The van der Waals surface area contributed by atoms with Gasteiger partial charge in [0.1, 0.15) is 0 Å². The molecule has 1 heterocycles. The van der Waals surface area contributed by atoms with Crippen molar-refractivity contribution in [3.8, 4) is 11.1 Å². The number of benzene rings is 2. The van der Waals surface area contributed by atoms with E-state index in [9.17, 15) is 4.79 Å². The van der Waals surface area contributed by atoms with E-state index in [2.05, 4.69) is 0 Å². The molecule has 3 rings (SSSR count). The number of nitrogens with zero attached hydrogens (tertiary/aromatic N) is 1. The smallest absolute Gasteiger partial charge is 0.260 e. The Morgan fingerprint density at radius 3 is 2.32 bits per heavy atom. The second-order valence-electron chi connectivity index (χ2n) is 4.44. The molecule has 0 aliphatic heterocycles. The highest BCUT2D eigenvalue weighted by molar-refractivity contribution is 6.38. The zero-order valence-corrected chi connectivity index (χ0v) is 11.2. The van der Waals surface area contributed by atoms with Gasteiger partial charge in [-0.3, -0.25) is 4.79 Å². The standard InChI is InChI=1S/C16H12ClNO/c1-18-13-10-6-5-9-12(13)15(17)14(16(18)19)11-7-3-2-4-8-11/h2-10H,1H3. The SMILES string of the molecule is Cn1c(=O)c(-c2ccccc2)c(Cl)c2ccccc21. The lowest BCUT2D eigenvalue weighted by Crippen LogP contribution is -2.19. The summed E-state index contributed by atoms with van der Waals surface area (Å²) >= 11 is 6.44. The Morgan fingerprint density at radius 2 is 1.58 bits per heavy atom. The summed E-state index contributed by atoms with van der Waals surface area (Å²) < 4.78 is 1.64. The molecule has 0 bridgehead atoms. The van der Waals surface area contributed by atoms with E-state index in [0.29, 0.717) is 10.6 Å². The van der Waals surface area contributed by atoms with Crippen LogP contribution in [-0.2, 0) is 7.05 Å². The van der Waals surface area contributed by atoms with Gasteiger partial charge < -0.3 is 4.57 Å². The number of fused-ring (bicyclic) bond motifs is 1. The molecular formula is C16H12ClNO. The van der Waals surface area contributed by atoms with Crippen LogP contribution in [0.3, 0.4) is 0 Å². The molecule has 19 heavy (non-hydrogen) atoms. The normalized spacial score (nSPS) is 10.8. The Kier molecular flexibility index (Phi) is 2.88. The highest BCUT2D eigenvalue weighted by Gasteiger charge is 2.14. The van der Waals surface area contributed by atoms with E-state index in [0.717, 1.165) is 16.5 Å². The van der Waals surface area contributed by atoms with Gasteiger partial charge in [0.2, 0.25) is 0 Å². The van der Waals surface area contributed by atoms with Crippen LogP contribution in [0.2, 0.25) is 5.02 Å². The first-order valence-corrected chi connectivity index (χ1v) is 6.40. The van der Waals surface area contributed by atoms with Gasteiger partial charge in [0, 0.05) is 12.4 Å². The summed E-state index contributed by atoms with van der Waals surface area (Å²) in [4.78, 5) is 12.5. The third-order valence-electron chi connectivity index (χ3n) is 3.30. The van der Waals surface area contributed by atoms with Crippen molar-refractivity contribution in [2.24, 2.45) is 7.05 Å². The van der Waals surface area contributed by atoms with Crippen LogP contribution in [0.4, 0.5) is 0 Å². The van der Waals surface area contributed by atoms with Crippen LogP contribution in [0.1, 0.15) is 0 Å². The second-order valence-corrected chi connectivity index (χ2v) is 4.81. The molecule has 0 radical (unpaired) electrons. The van der Waals surface area contributed by atoms with E-state index in [1.54, 1.807) is 11.6 Å². The molecule has 0 amide bonds. The van der Waals surface area contributed by atoms with Crippen LogP contribution in [0.5, 0.6) is 0 Å². The molecule has 0 spiro atoms. The molecular weight excluding hydrogens is 258 g/mol. The Bertz CT molecular complexity index is 806. The molecule has 0 saturated carbocycles. The highest BCUT2D eigenvalue weighted by Crippen LogP contribution is 2.30. The van der Waals surface area contributed by atoms with Crippen LogP contribution in [0, 0.1) is 0 Å². The van der Waals surface area contributed by atoms with E-state index in [1.165, 1.54) is 0 Å². The Hall–Kier alpha value is -2.06. The minimum Gasteiger partial charge on any atom is -0.311 e. The molecule has 0 aliphatic carbocycles. The van der Waals surface area contributed by atoms with Crippen molar-refractivity contribution in [3.63, 3.8) is 0 Å². The number of halogens is 1. The molecule has 0 aliphatic rings. The Morgan fingerprint density at radius 1 is 0.947 bits per heavy atom. The molecule has 0 saturated heterocycles. The lowest BCUT2D eigenvalue weighted by molar-refractivity contribution is 0.909. The Balaban J connectivity index is 2.48. The van der Waals surface area contributed by atoms with E-state index in [4.69, 9.17) is 11.6 Å².